The van der Waals surface area contributed by atoms with Crippen LogP contribution in [0, 0.1) is 0 Å². The molecule has 0 saturated carbocycles. The summed E-state index contributed by atoms with van der Waals surface area (Å²) in [7, 11) is 0. The van der Waals surface area contributed by atoms with Crippen molar-refractivity contribution in [2.24, 2.45) is 0 Å². The Labute approximate surface area is 104 Å². The van der Waals surface area contributed by atoms with Crippen molar-refractivity contribution < 1.29 is 0 Å². The molecule has 0 aliphatic carbocycles. The number of para-hydroxylation sites is 1. The molecule has 1 aliphatic heterocycles. The quantitative estimate of drug-likeness (QED) is 0.508. The summed E-state index contributed by atoms with van der Waals surface area (Å²) in [5, 5.41) is 3.36. The predicted octanol–water partition coefficient (Wildman–Crippen LogP) is 2.99. The van der Waals surface area contributed by atoms with Crippen LogP contribution >= 0.6 is 0 Å². The summed E-state index contributed by atoms with van der Waals surface area (Å²) in [6, 6.07) is 12.1. The van der Waals surface area contributed by atoms with Crippen LogP contribution in [0.25, 0.3) is 17.1 Å². The topological polar surface area (TPSA) is 42.7 Å². The van der Waals surface area contributed by atoms with E-state index in [1.165, 1.54) is 0 Å². The minimum Gasteiger partial charge on any atom is -0.338 e. The van der Waals surface area contributed by atoms with Crippen molar-refractivity contribution in [3.8, 4) is 17.1 Å². The lowest BCUT2D eigenvalue weighted by atomic mass is 10.1. The number of aromatic nitrogens is 3. The fourth-order valence-electron chi connectivity index (χ4n) is 2.30. The van der Waals surface area contributed by atoms with Crippen LogP contribution in [0.4, 0.5) is 11.5 Å². The van der Waals surface area contributed by atoms with Crippen molar-refractivity contribution in [1.29, 1.82) is 0 Å². The molecule has 1 N–H and O–H groups in total. The van der Waals surface area contributed by atoms with E-state index in [2.05, 4.69) is 25.9 Å². The Kier molecular flexibility index (Phi) is 1.80. The number of hydrogen-bond donors (Lipinski definition) is 1. The molecular weight excluding hydrogens is 224 g/mol. The first-order chi connectivity index (χ1) is 8.93. The van der Waals surface area contributed by atoms with E-state index in [0.717, 1.165) is 28.6 Å². The zero-order valence-electron chi connectivity index (χ0n) is 9.54. The molecule has 1 aromatic carbocycles. The molecule has 4 heteroatoms. The molecule has 1 aliphatic rings. The molecule has 3 aromatic rings. The number of benzene rings is 1. The average Bonchev–Trinajstić information content (AvgIpc) is 2.84. The van der Waals surface area contributed by atoms with Gasteiger partial charge in [0.15, 0.2) is 5.82 Å². The zero-order valence-corrected chi connectivity index (χ0v) is 9.54. The van der Waals surface area contributed by atoms with Crippen LogP contribution < -0.4 is 5.32 Å². The average molecular weight is 234 g/mol. The van der Waals surface area contributed by atoms with Gasteiger partial charge in [0.2, 0.25) is 0 Å². The minimum absolute atomic E-state index is 0.849. The third kappa shape index (κ3) is 1.20. The summed E-state index contributed by atoms with van der Waals surface area (Å²) in [6.07, 6.45) is 5.56. The monoisotopic (exact) mass is 234 g/mol. The van der Waals surface area contributed by atoms with Gasteiger partial charge in [-0.3, -0.25) is 4.57 Å². The van der Waals surface area contributed by atoms with Gasteiger partial charge in [0.1, 0.15) is 5.82 Å². The Morgan fingerprint density at radius 3 is 2.89 bits per heavy atom. The second kappa shape index (κ2) is 3.43. The largest absolute Gasteiger partial charge is 0.338 e. The van der Waals surface area contributed by atoms with Gasteiger partial charge in [0.25, 0.3) is 0 Å². The molecule has 2 aromatic heterocycles. The van der Waals surface area contributed by atoms with E-state index >= 15 is 0 Å². The van der Waals surface area contributed by atoms with Gasteiger partial charge in [-0.05, 0) is 24.3 Å². The summed E-state index contributed by atoms with van der Waals surface area (Å²) >= 11 is 0. The Hall–Kier alpha value is -2.62. The number of rotatable bonds is 0. The van der Waals surface area contributed by atoms with Gasteiger partial charge in [0, 0.05) is 24.2 Å². The van der Waals surface area contributed by atoms with Gasteiger partial charge in [-0.15, -0.1) is 0 Å². The first-order valence-electron chi connectivity index (χ1n) is 5.79. The molecule has 0 bridgehead atoms. The second-order valence-electron chi connectivity index (χ2n) is 4.16. The van der Waals surface area contributed by atoms with E-state index in [9.17, 15) is 0 Å². The van der Waals surface area contributed by atoms with Gasteiger partial charge in [0.05, 0.1) is 11.4 Å². The van der Waals surface area contributed by atoms with E-state index in [-0.39, 0.29) is 0 Å². The summed E-state index contributed by atoms with van der Waals surface area (Å²) in [5.41, 5.74) is 3.13. The van der Waals surface area contributed by atoms with Crippen LogP contribution in [0.5, 0.6) is 0 Å². The Balaban J connectivity index is 2.12. The lowest BCUT2D eigenvalue weighted by Crippen LogP contribution is -1.98. The standard InChI is InChI=1S/C14H10N4/c1-2-5-11-10(4-1)14-16-8-9-18(14)12-6-3-7-15-13(12)17-11/h1-9H,(H,15,17). The van der Waals surface area contributed by atoms with E-state index in [1.54, 1.807) is 6.20 Å². The molecule has 3 heterocycles. The molecular formula is C14H10N4. The summed E-state index contributed by atoms with van der Waals surface area (Å²) in [6.45, 7) is 0. The van der Waals surface area contributed by atoms with E-state index in [1.807, 2.05) is 42.7 Å². The maximum atomic E-state index is 4.45. The number of hydrogen-bond acceptors (Lipinski definition) is 3. The number of nitrogens with zero attached hydrogens (tertiary/aromatic N) is 3. The normalized spacial score (nSPS) is 11.8. The molecule has 4 rings (SSSR count). The Morgan fingerprint density at radius 1 is 0.944 bits per heavy atom. The first kappa shape index (κ1) is 9.41. The van der Waals surface area contributed by atoms with Crippen molar-refractivity contribution >= 4 is 11.5 Å². The fourth-order valence-corrected chi connectivity index (χ4v) is 2.30. The van der Waals surface area contributed by atoms with Gasteiger partial charge < -0.3 is 5.32 Å². The SMILES string of the molecule is c1ccc2c(c1)Nc1ncccc1-n1ccnc1-2. The highest BCUT2D eigenvalue weighted by Crippen LogP contribution is 2.35. The third-order valence-electron chi connectivity index (χ3n) is 3.11. The van der Waals surface area contributed by atoms with Crippen molar-refractivity contribution in [2.75, 3.05) is 5.32 Å². The smallest absolute Gasteiger partial charge is 0.154 e. The van der Waals surface area contributed by atoms with Crippen molar-refractivity contribution in [1.82, 2.24) is 14.5 Å². The van der Waals surface area contributed by atoms with Gasteiger partial charge in [-0.2, -0.15) is 0 Å². The minimum atomic E-state index is 0.849. The molecule has 18 heavy (non-hydrogen) atoms. The molecule has 4 nitrogen and oxygen atoms in total. The molecule has 0 amide bonds. The maximum absolute atomic E-state index is 4.45. The second-order valence-corrected chi connectivity index (χ2v) is 4.16. The number of fused-ring (bicyclic) bond motifs is 5. The molecule has 0 fully saturated rings. The molecule has 0 radical (unpaired) electrons. The zero-order chi connectivity index (χ0) is 11.9. The van der Waals surface area contributed by atoms with Crippen LogP contribution in [-0.4, -0.2) is 14.5 Å². The Morgan fingerprint density at radius 2 is 1.89 bits per heavy atom. The van der Waals surface area contributed by atoms with E-state index in [4.69, 9.17) is 0 Å². The van der Waals surface area contributed by atoms with Crippen LogP contribution in [-0.2, 0) is 0 Å². The molecule has 0 atom stereocenters. The maximum Gasteiger partial charge on any atom is 0.154 e. The molecule has 0 spiro atoms. The predicted molar refractivity (Wildman–Crippen MR) is 70.1 cm³/mol. The van der Waals surface area contributed by atoms with Crippen molar-refractivity contribution in [2.45, 2.75) is 0 Å². The Bertz CT molecular complexity index is 670. The number of imidazole rings is 1. The first-order valence-corrected chi connectivity index (χ1v) is 5.79. The highest BCUT2D eigenvalue weighted by atomic mass is 15.1. The third-order valence-corrected chi connectivity index (χ3v) is 3.11. The summed E-state index contributed by atoms with van der Waals surface area (Å²) in [5.74, 6) is 1.78. The van der Waals surface area contributed by atoms with Crippen molar-refractivity contribution in [3.05, 3.63) is 55.0 Å². The summed E-state index contributed by atoms with van der Waals surface area (Å²) in [4.78, 5) is 8.85. The van der Waals surface area contributed by atoms with Gasteiger partial charge >= 0.3 is 0 Å². The lowest BCUT2D eigenvalue weighted by molar-refractivity contribution is 1.06. The number of nitrogens with one attached hydrogen (secondary N) is 1. The van der Waals surface area contributed by atoms with Gasteiger partial charge in [-0.1, -0.05) is 12.1 Å². The number of anilines is 2. The van der Waals surface area contributed by atoms with Crippen LogP contribution in [0.3, 0.4) is 0 Å². The number of pyridine rings is 1. The van der Waals surface area contributed by atoms with Crippen LogP contribution in [0.1, 0.15) is 0 Å². The van der Waals surface area contributed by atoms with E-state index in [0.29, 0.717) is 0 Å². The fraction of sp³-hybridized carbons (Fsp3) is 0. The van der Waals surface area contributed by atoms with Gasteiger partial charge in [-0.25, -0.2) is 9.97 Å². The highest BCUT2D eigenvalue weighted by molar-refractivity contribution is 5.82. The molecule has 86 valence electrons. The molecule has 0 saturated heterocycles. The van der Waals surface area contributed by atoms with Crippen LogP contribution in [0.2, 0.25) is 0 Å². The van der Waals surface area contributed by atoms with Crippen molar-refractivity contribution in [3.63, 3.8) is 0 Å². The summed E-state index contributed by atoms with van der Waals surface area (Å²) < 4.78 is 2.06. The lowest BCUT2D eigenvalue weighted by Gasteiger charge is -2.07. The van der Waals surface area contributed by atoms with Crippen LogP contribution in [0.15, 0.2) is 55.0 Å². The van der Waals surface area contributed by atoms with E-state index < -0.39 is 0 Å². The highest BCUT2D eigenvalue weighted by Gasteiger charge is 2.18. The molecule has 0 unspecified atom stereocenters.